The molecule has 4 rings (SSSR count). The van der Waals surface area contributed by atoms with Gasteiger partial charge < -0.3 is 9.88 Å². The molecule has 0 amide bonds. The SMILES string of the molecule is CC/C(C)=C(\C=C/NC)Cc1nc2c(s1)c1cnn(Cc3ncsc3F)c(=O)c1n2C. The van der Waals surface area contributed by atoms with Crippen molar-refractivity contribution in [2.75, 3.05) is 7.05 Å². The van der Waals surface area contributed by atoms with E-state index in [2.05, 4.69) is 35.3 Å². The van der Waals surface area contributed by atoms with E-state index in [-0.39, 0.29) is 17.8 Å². The molecule has 0 fully saturated rings. The molecule has 0 aliphatic heterocycles. The van der Waals surface area contributed by atoms with Gasteiger partial charge >= 0.3 is 0 Å². The zero-order chi connectivity index (χ0) is 22.1. The van der Waals surface area contributed by atoms with Gasteiger partial charge in [0.1, 0.15) is 16.2 Å². The minimum atomic E-state index is -0.397. The smallest absolute Gasteiger partial charge is 0.291 e. The summed E-state index contributed by atoms with van der Waals surface area (Å²) < 4.78 is 17.8. The Morgan fingerprint density at radius 3 is 2.87 bits per heavy atom. The van der Waals surface area contributed by atoms with Gasteiger partial charge in [0.2, 0.25) is 5.13 Å². The number of thiazole rings is 2. The van der Waals surface area contributed by atoms with Gasteiger partial charge in [0.25, 0.3) is 5.56 Å². The summed E-state index contributed by atoms with van der Waals surface area (Å²) in [6.07, 6.45) is 7.38. The molecule has 10 heteroatoms. The Kier molecular flexibility index (Phi) is 6.01. The Bertz CT molecular complexity index is 1370. The molecular formula is C21H23FN6OS2. The Morgan fingerprint density at radius 2 is 2.19 bits per heavy atom. The van der Waals surface area contributed by atoms with Crippen molar-refractivity contribution in [2.24, 2.45) is 7.05 Å². The lowest BCUT2D eigenvalue weighted by molar-refractivity contribution is 0.582. The summed E-state index contributed by atoms with van der Waals surface area (Å²) in [7, 11) is 3.71. The van der Waals surface area contributed by atoms with Gasteiger partial charge in [-0.15, -0.1) is 11.3 Å². The number of rotatable bonds is 7. The first kappa shape index (κ1) is 21.4. The number of nitrogens with zero attached hydrogens (tertiary/aromatic N) is 5. The van der Waals surface area contributed by atoms with Crippen molar-refractivity contribution in [3.63, 3.8) is 0 Å². The number of allylic oxidation sites excluding steroid dienone is 3. The Labute approximate surface area is 186 Å². The van der Waals surface area contributed by atoms with Gasteiger partial charge in [-0.05, 0) is 31.2 Å². The van der Waals surface area contributed by atoms with Crippen LogP contribution in [0.4, 0.5) is 4.39 Å². The highest BCUT2D eigenvalue weighted by Crippen LogP contribution is 2.32. The van der Waals surface area contributed by atoms with Crippen LogP contribution >= 0.6 is 22.7 Å². The molecule has 0 radical (unpaired) electrons. The Morgan fingerprint density at radius 1 is 1.39 bits per heavy atom. The van der Waals surface area contributed by atoms with E-state index in [0.29, 0.717) is 5.52 Å². The Hall–Kier alpha value is -2.85. The Balaban J connectivity index is 1.75. The molecule has 0 aliphatic rings. The maximum absolute atomic E-state index is 13.8. The van der Waals surface area contributed by atoms with Gasteiger partial charge in [-0.3, -0.25) is 4.79 Å². The van der Waals surface area contributed by atoms with Gasteiger partial charge in [-0.1, -0.05) is 23.8 Å². The zero-order valence-electron chi connectivity index (χ0n) is 17.8. The number of halogens is 1. The fourth-order valence-corrected chi connectivity index (χ4v) is 5.10. The number of aromatic nitrogens is 5. The molecule has 0 spiro atoms. The molecule has 4 aromatic heterocycles. The summed E-state index contributed by atoms with van der Waals surface area (Å²) in [5, 5.41) is 8.67. The lowest BCUT2D eigenvalue weighted by atomic mass is 10.0. The van der Waals surface area contributed by atoms with Crippen LogP contribution in [0.2, 0.25) is 0 Å². The van der Waals surface area contributed by atoms with Crippen LogP contribution in [-0.4, -0.2) is 31.4 Å². The molecule has 4 aromatic rings. The highest BCUT2D eigenvalue weighted by Gasteiger charge is 2.19. The van der Waals surface area contributed by atoms with Crippen molar-refractivity contribution in [2.45, 2.75) is 33.2 Å². The molecule has 0 bridgehead atoms. The van der Waals surface area contributed by atoms with E-state index in [0.717, 1.165) is 44.9 Å². The second-order valence-corrected chi connectivity index (χ2v) is 9.11. The van der Waals surface area contributed by atoms with Crippen molar-refractivity contribution < 1.29 is 4.39 Å². The molecule has 1 N–H and O–H groups in total. The molecule has 0 saturated heterocycles. The van der Waals surface area contributed by atoms with Crippen LogP contribution in [0.25, 0.3) is 21.3 Å². The van der Waals surface area contributed by atoms with Gasteiger partial charge in [-0.2, -0.15) is 9.49 Å². The van der Waals surface area contributed by atoms with Crippen molar-refractivity contribution in [3.05, 3.63) is 61.3 Å². The third-order valence-corrected chi connectivity index (χ3v) is 7.06. The highest BCUT2D eigenvalue weighted by molar-refractivity contribution is 7.19. The average Bonchev–Trinajstić information content (AvgIpc) is 3.43. The first-order chi connectivity index (χ1) is 14.9. The van der Waals surface area contributed by atoms with Crippen LogP contribution in [0, 0.1) is 5.13 Å². The van der Waals surface area contributed by atoms with E-state index < -0.39 is 5.13 Å². The van der Waals surface area contributed by atoms with Gasteiger partial charge in [0.15, 0.2) is 5.65 Å². The van der Waals surface area contributed by atoms with Crippen LogP contribution in [0.1, 0.15) is 31.0 Å². The molecule has 31 heavy (non-hydrogen) atoms. The normalized spacial score (nSPS) is 12.9. The van der Waals surface area contributed by atoms with E-state index in [1.807, 2.05) is 24.9 Å². The third-order valence-electron chi connectivity index (χ3n) is 5.33. The third kappa shape index (κ3) is 3.92. The van der Waals surface area contributed by atoms with Crippen LogP contribution in [0.3, 0.4) is 0 Å². The maximum Gasteiger partial charge on any atom is 0.291 e. The van der Waals surface area contributed by atoms with Gasteiger partial charge in [0, 0.05) is 25.9 Å². The van der Waals surface area contributed by atoms with E-state index in [9.17, 15) is 9.18 Å². The van der Waals surface area contributed by atoms with Crippen LogP contribution in [0.15, 0.2) is 39.9 Å². The molecule has 0 aromatic carbocycles. The van der Waals surface area contributed by atoms with Gasteiger partial charge in [0.05, 0.1) is 23.0 Å². The maximum atomic E-state index is 13.8. The highest BCUT2D eigenvalue weighted by atomic mass is 32.1. The van der Waals surface area contributed by atoms with E-state index >= 15 is 0 Å². The average molecular weight is 459 g/mol. The van der Waals surface area contributed by atoms with E-state index in [1.54, 1.807) is 17.5 Å². The first-order valence-corrected chi connectivity index (χ1v) is 11.6. The lowest BCUT2D eigenvalue weighted by Gasteiger charge is -2.06. The molecule has 7 nitrogen and oxygen atoms in total. The standard InChI is InChI=1S/C21H23FN6OS2/c1-5-12(2)13(6-7-23-3)8-16-26-20-18(31-16)14-9-25-28(21(29)17(14)27(20)4)10-15-19(22)30-11-24-15/h6-7,9,11,23H,5,8,10H2,1-4H3/b7-6-,13-12+. The van der Waals surface area contributed by atoms with Crippen LogP contribution in [-0.2, 0) is 20.0 Å². The number of fused-ring (bicyclic) bond motifs is 3. The number of hydrogen-bond acceptors (Lipinski definition) is 7. The summed E-state index contributed by atoms with van der Waals surface area (Å²) in [4.78, 5) is 21.9. The van der Waals surface area contributed by atoms with Crippen LogP contribution in [0.5, 0.6) is 0 Å². The van der Waals surface area contributed by atoms with Crippen molar-refractivity contribution >= 4 is 43.9 Å². The molecule has 0 atom stereocenters. The predicted octanol–water partition coefficient (Wildman–Crippen LogP) is 3.99. The largest absolute Gasteiger partial charge is 0.394 e. The fraction of sp³-hybridized carbons (Fsp3) is 0.333. The summed E-state index contributed by atoms with van der Waals surface area (Å²) in [6, 6.07) is 0. The zero-order valence-corrected chi connectivity index (χ0v) is 19.4. The fourth-order valence-electron chi connectivity index (χ4n) is 3.45. The molecule has 0 saturated carbocycles. The topological polar surface area (TPSA) is 77.6 Å². The minimum Gasteiger partial charge on any atom is -0.394 e. The molecule has 4 heterocycles. The van der Waals surface area contributed by atoms with Crippen molar-refractivity contribution in [1.29, 1.82) is 0 Å². The van der Waals surface area contributed by atoms with Crippen molar-refractivity contribution in [3.8, 4) is 0 Å². The van der Waals surface area contributed by atoms with E-state index in [1.165, 1.54) is 21.3 Å². The summed E-state index contributed by atoms with van der Waals surface area (Å²) >= 11 is 2.49. The van der Waals surface area contributed by atoms with Gasteiger partial charge in [-0.25, -0.2) is 14.6 Å². The minimum absolute atomic E-state index is 0.00383. The molecule has 0 unspecified atom stereocenters. The predicted molar refractivity (Wildman–Crippen MR) is 124 cm³/mol. The quantitative estimate of drug-likeness (QED) is 0.424. The molecule has 0 aliphatic carbocycles. The monoisotopic (exact) mass is 458 g/mol. The summed E-state index contributed by atoms with van der Waals surface area (Å²) in [5.74, 6) is 0. The molecular weight excluding hydrogens is 435 g/mol. The number of aryl methyl sites for hydroxylation is 1. The first-order valence-electron chi connectivity index (χ1n) is 9.88. The lowest BCUT2D eigenvalue weighted by Crippen LogP contribution is -2.25. The summed E-state index contributed by atoms with van der Waals surface area (Å²) in [5.41, 5.74) is 5.18. The summed E-state index contributed by atoms with van der Waals surface area (Å²) in [6.45, 7) is 4.28. The van der Waals surface area contributed by atoms with Crippen molar-refractivity contribution in [1.82, 2.24) is 29.6 Å². The number of hydrogen-bond donors (Lipinski definition) is 1. The second kappa shape index (κ2) is 8.72. The van der Waals surface area contributed by atoms with E-state index in [4.69, 9.17) is 4.98 Å². The number of nitrogens with one attached hydrogen (secondary N) is 1. The molecule has 162 valence electrons. The van der Waals surface area contributed by atoms with Crippen LogP contribution < -0.4 is 10.9 Å². The second-order valence-electron chi connectivity index (χ2n) is 7.22.